The molecule has 0 saturated carbocycles. The summed E-state index contributed by atoms with van der Waals surface area (Å²) >= 11 is 7.80. The highest BCUT2D eigenvalue weighted by molar-refractivity contribution is 14.1. The summed E-state index contributed by atoms with van der Waals surface area (Å²) in [5, 5.41) is 4.43. The first-order valence-electron chi connectivity index (χ1n) is 11.6. The van der Waals surface area contributed by atoms with Crippen molar-refractivity contribution in [2.45, 2.75) is 25.7 Å². The number of nitrogens with zero attached hydrogens (tertiary/aromatic N) is 1. The van der Waals surface area contributed by atoms with E-state index in [-0.39, 0.29) is 23.0 Å². The maximum atomic E-state index is 12.8. The Hall–Kier alpha value is -3.03. The van der Waals surface area contributed by atoms with Crippen LogP contribution in [0.4, 0.5) is 0 Å². The topological polar surface area (TPSA) is 113 Å². The van der Waals surface area contributed by atoms with Crippen molar-refractivity contribution in [1.82, 2.24) is 5.43 Å². The largest absolute Gasteiger partial charge is 0.490 e. The van der Waals surface area contributed by atoms with Gasteiger partial charge in [0.25, 0.3) is 5.91 Å². The lowest BCUT2D eigenvalue weighted by molar-refractivity contribution is 0.0954. The Labute approximate surface area is 240 Å². The zero-order chi connectivity index (χ0) is 27.7. The van der Waals surface area contributed by atoms with Crippen molar-refractivity contribution >= 4 is 56.4 Å². The standard InChI is InChI=1S/C26H26ClIN2O7S/c1-4-34-22-12-7-18(15-23(22)35-5-2)26(31)30-29-16-17-13-21(28)25(24(14-17)36-6-3)37-38(32,33)20-10-8-19(27)9-11-20/h7-16H,4-6H2,1-3H3,(H,30,31)/b29-16+. The number of nitrogens with one attached hydrogen (secondary N) is 1. The summed E-state index contributed by atoms with van der Waals surface area (Å²) in [6, 6.07) is 13.7. The molecule has 3 aromatic carbocycles. The van der Waals surface area contributed by atoms with Gasteiger partial charge in [0.2, 0.25) is 0 Å². The molecule has 9 nitrogen and oxygen atoms in total. The predicted molar refractivity (Wildman–Crippen MR) is 153 cm³/mol. The Morgan fingerprint density at radius 1 is 0.921 bits per heavy atom. The molecule has 0 bridgehead atoms. The van der Waals surface area contributed by atoms with Crippen LogP contribution in [0.15, 0.2) is 64.6 Å². The molecule has 0 aliphatic carbocycles. The van der Waals surface area contributed by atoms with Gasteiger partial charge < -0.3 is 18.4 Å². The summed E-state index contributed by atoms with van der Waals surface area (Å²) in [5.74, 6) is 0.817. The second-order valence-electron chi connectivity index (χ2n) is 7.48. The van der Waals surface area contributed by atoms with Crippen LogP contribution in [0.1, 0.15) is 36.7 Å². The Bertz CT molecular complexity index is 1410. The van der Waals surface area contributed by atoms with Crippen LogP contribution in [0.5, 0.6) is 23.0 Å². The fourth-order valence-electron chi connectivity index (χ4n) is 3.19. The molecule has 3 aromatic rings. The van der Waals surface area contributed by atoms with Crippen molar-refractivity contribution < 1.29 is 31.6 Å². The highest BCUT2D eigenvalue weighted by Crippen LogP contribution is 2.36. The quantitative estimate of drug-likeness (QED) is 0.114. The van der Waals surface area contributed by atoms with E-state index in [1.165, 1.54) is 30.5 Å². The minimum atomic E-state index is -4.13. The highest BCUT2D eigenvalue weighted by Gasteiger charge is 2.22. The minimum absolute atomic E-state index is 0.0430. The van der Waals surface area contributed by atoms with Gasteiger partial charge in [0.15, 0.2) is 23.0 Å². The number of hydrogen-bond acceptors (Lipinski definition) is 8. The van der Waals surface area contributed by atoms with Crippen LogP contribution in [-0.2, 0) is 10.1 Å². The second kappa shape index (κ2) is 13.7. The predicted octanol–water partition coefficient (Wildman–Crippen LogP) is 5.67. The number of halogens is 2. The van der Waals surface area contributed by atoms with Crippen LogP contribution < -0.4 is 23.8 Å². The van der Waals surface area contributed by atoms with Crippen molar-refractivity contribution in [3.05, 3.63) is 74.3 Å². The Balaban J connectivity index is 1.79. The van der Waals surface area contributed by atoms with E-state index >= 15 is 0 Å². The van der Waals surface area contributed by atoms with Gasteiger partial charge in [0.1, 0.15) is 4.90 Å². The van der Waals surface area contributed by atoms with Gasteiger partial charge in [-0.1, -0.05) is 11.6 Å². The summed E-state index contributed by atoms with van der Waals surface area (Å²) in [6.45, 7) is 6.62. The molecule has 38 heavy (non-hydrogen) atoms. The van der Waals surface area contributed by atoms with Crippen LogP contribution in [0.2, 0.25) is 5.02 Å². The lowest BCUT2D eigenvalue weighted by Gasteiger charge is -2.14. The molecule has 3 rings (SSSR count). The van der Waals surface area contributed by atoms with Crippen molar-refractivity contribution in [1.29, 1.82) is 0 Å². The molecule has 0 spiro atoms. The molecule has 0 aliphatic heterocycles. The first kappa shape index (κ1) is 29.5. The molecule has 0 radical (unpaired) electrons. The maximum Gasteiger partial charge on any atom is 0.339 e. The SMILES string of the molecule is CCOc1ccc(C(=O)N/N=C/c2cc(I)c(OS(=O)(=O)c3ccc(Cl)cc3)c(OCC)c2)cc1OCC. The van der Waals surface area contributed by atoms with Gasteiger partial charge in [0.05, 0.1) is 29.6 Å². The Morgan fingerprint density at radius 3 is 2.21 bits per heavy atom. The third-order valence-corrected chi connectivity index (χ3v) is 7.10. The van der Waals surface area contributed by atoms with E-state index < -0.39 is 16.0 Å². The lowest BCUT2D eigenvalue weighted by atomic mass is 10.2. The highest BCUT2D eigenvalue weighted by atomic mass is 127. The third-order valence-electron chi connectivity index (χ3n) is 4.81. The summed E-state index contributed by atoms with van der Waals surface area (Å²) in [6.07, 6.45) is 1.41. The fraction of sp³-hybridized carbons (Fsp3) is 0.231. The van der Waals surface area contributed by atoms with Crippen LogP contribution in [0.25, 0.3) is 0 Å². The molecule has 0 saturated heterocycles. The monoisotopic (exact) mass is 672 g/mol. The van der Waals surface area contributed by atoms with E-state index in [1.54, 1.807) is 37.3 Å². The fourth-order valence-corrected chi connectivity index (χ4v) is 5.16. The average Bonchev–Trinajstić information content (AvgIpc) is 2.88. The lowest BCUT2D eigenvalue weighted by Crippen LogP contribution is -2.18. The van der Waals surface area contributed by atoms with Crippen molar-refractivity contribution in [2.24, 2.45) is 5.10 Å². The first-order chi connectivity index (χ1) is 18.2. The number of hydrogen-bond donors (Lipinski definition) is 1. The summed E-state index contributed by atoms with van der Waals surface area (Å²) in [4.78, 5) is 12.6. The Kier molecular flexibility index (Phi) is 10.6. The van der Waals surface area contributed by atoms with Gasteiger partial charge in [-0.25, -0.2) is 5.43 Å². The van der Waals surface area contributed by atoms with Crippen LogP contribution in [0.3, 0.4) is 0 Å². The normalized spacial score (nSPS) is 11.3. The van der Waals surface area contributed by atoms with Crippen molar-refractivity contribution in [3.63, 3.8) is 0 Å². The third kappa shape index (κ3) is 7.74. The number of hydrazone groups is 1. The molecular formula is C26H26ClIN2O7S. The molecule has 0 fully saturated rings. The van der Waals surface area contributed by atoms with Crippen molar-refractivity contribution in [2.75, 3.05) is 19.8 Å². The molecular weight excluding hydrogens is 647 g/mol. The van der Waals surface area contributed by atoms with E-state index in [4.69, 9.17) is 30.0 Å². The number of amides is 1. The van der Waals surface area contributed by atoms with Gasteiger partial charge in [-0.05, 0) is 104 Å². The summed E-state index contributed by atoms with van der Waals surface area (Å²) in [5.41, 5.74) is 3.37. The van der Waals surface area contributed by atoms with Crippen LogP contribution in [-0.4, -0.2) is 40.4 Å². The second-order valence-corrected chi connectivity index (χ2v) is 10.6. The Morgan fingerprint density at radius 2 is 1.55 bits per heavy atom. The van der Waals surface area contributed by atoms with E-state index in [0.717, 1.165) is 0 Å². The summed E-state index contributed by atoms with van der Waals surface area (Å²) in [7, 11) is -4.13. The smallest absolute Gasteiger partial charge is 0.339 e. The molecule has 1 amide bonds. The number of carbonyl (C=O) groups is 1. The molecule has 0 unspecified atom stereocenters. The molecule has 1 N–H and O–H groups in total. The van der Waals surface area contributed by atoms with Gasteiger partial charge in [0, 0.05) is 10.6 Å². The van der Waals surface area contributed by atoms with E-state index in [2.05, 4.69) is 10.5 Å². The van der Waals surface area contributed by atoms with E-state index in [0.29, 0.717) is 44.4 Å². The van der Waals surface area contributed by atoms with Crippen LogP contribution >= 0.6 is 34.2 Å². The zero-order valence-corrected chi connectivity index (χ0v) is 24.6. The number of ether oxygens (including phenoxy) is 3. The van der Waals surface area contributed by atoms with Gasteiger partial charge in [-0.3, -0.25) is 4.79 Å². The van der Waals surface area contributed by atoms with Crippen LogP contribution in [0, 0.1) is 3.57 Å². The van der Waals surface area contributed by atoms with Crippen molar-refractivity contribution in [3.8, 4) is 23.0 Å². The molecule has 12 heteroatoms. The molecule has 0 aromatic heterocycles. The van der Waals surface area contributed by atoms with E-state index in [9.17, 15) is 13.2 Å². The number of benzene rings is 3. The average molecular weight is 673 g/mol. The van der Waals surface area contributed by atoms with E-state index in [1.807, 2.05) is 36.4 Å². The van der Waals surface area contributed by atoms with Gasteiger partial charge in [-0.2, -0.15) is 13.5 Å². The first-order valence-corrected chi connectivity index (χ1v) is 14.4. The minimum Gasteiger partial charge on any atom is -0.490 e. The number of carbonyl (C=O) groups excluding carboxylic acids is 1. The van der Waals surface area contributed by atoms with Gasteiger partial charge >= 0.3 is 10.1 Å². The van der Waals surface area contributed by atoms with Gasteiger partial charge in [-0.15, -0.1) is 0 Å². The molecule has 202 valence electrons. The molecule has 0 atom stereocenters. The number of rotatable bonds is 12. The summed E-state index contributed by atoms with van der Waals surface area (Å²) < 4.78 is 48.2. The zero-order valence-electron chi connectivity index (χ0n) is 20.9. The molecule has 0 heterocycles. The molecule has 0 aliphatic rings. The maximum absolute atomic E-state index is 12.8.